The van der Waals surface area contributed by atoms with E-state index in [1.54, 1.807) is 23.1 Å². The van der Waals surface area contributed by atoms with Crippen molar-refractivity contribution in [2.45, 2.75) is 32.4 Å². The van der Waals surface area contributed by atoms with Crippen LogP contribution in [0.3, 0.4) is 0 Å². The lowest BCUT2D eigenvalue weighted by Gasteiger charge is -2.25. The predicted octanol–water partition coefficient (Wildman–Crippen LogP) is 2.56. The van der Waals surface area contributed by atoms with Crippen molar-refractivity contribution in [2.24, 2.45) is 0 Å². The Labute approximate surface area is 125 Å². The minimum Gasteiger partial charge on any atom is -0.490 e. The summed E-state index contributed by atoms with van der Waals surface area (Å²) in [6, 6.07) is 5.41. The molecule has 0 bridgehead atoms. The number of carbonyl (C=O) groups is 1. The van der Waals surface area contributed by atoms with Crippen LogP contribution in [0.4, 0.5) is 0 Å². The van der Waals surface area contributed by atoms with Gasteiger partial charge in [-0.15, -0.1) is 0 Å². The molecule has 0 aromatic heterocycles. The van der Waals surface area contributed by atoms with Gasteiger partial charge in [0.2, 0.25) is 0 Å². The summed E-state index contributed by atoms with van der Waals surface area (Å²) in [7, 11) is 1.83. The Morgan fingerprint density at radius 1 is 1.50 bits per heavy atom. The summed E-state index contributed by atoms with van der Waals surface area (Å²) >= 11 is 6.02. The highest BCUT2D eigenvalue weighted by Crippen LogP contribution is 2.26. The quantitative estimate of drug-likeness (QED) is 0.928. The first-order valence-electron chi connectivity index (χ1n) is 6.93. The number of nitrogens with one attached hydrogen (secondary N) is 1. The fourth-order valence-corrected chi connectivity index (χ4v) is 2.52. The number of halogens is 1. The lowest BCUT2D eigenvalue weighted by Crippen LogP contribution is -2.38. The minimum absolute atomic E-state index is 0.0150. The van der Waals surface area contributed by atoms with Gasteiger partial charge in [-0.25, -0.2) is 0 Å². The molecule has 20 heavy (non-hydrogen) atoms. The normalized spacial score (nSPS) is 18.4. The van der Waals surface area contributed by atoms with E-state index in [-0.39, 0.29) is 18.1 Å². The van der Waals surface area contributed by atoms with Crippen LogP contribution >= 0.6 is 11.6 Å². The number of ether oxygens (including phenoxy) is 1. The number of likely N-dealkylation sites (N-methyl/N-ethyl adjacent to an activating group) is 1. The molecule has 1 N–H and O–H groups in total. The molecule has 1 aliphatic heterocycles. The molecule has 5 heteroatoms. The van der Waals surface area contributed by atoms with Gasteiger partial charge in [0.05, 0.1) is 11.7 Å². The van der Waals surface area contributed by atoms with Gasteiger partial charge in [-0.2, -0.15) is 0 Å². The largest absolute Gasteiger partial charge is 0.490 e. The van der Waals surface area contributed by atoms with Crippen LogP contribution in [-0.2, 0) is 0 Å². The van der Waals surface area contributed by atoms with Gasteiger partial charge in [0.15, 0.2) is 0 Å². The van der Waals surface area contributed by atoms with Crippen LogP contribution in [0, 0.1) is 0 Å². The van der Waals surface area contributed by atoms with Crippen LogP contribution in [0.1, 0.15) is 30.6 Å². The smallest absolute Gasteiger partial charge is 0.257 e. The van der Waals surface area contributed by atoms with Crippen molar-refractivity contribution >= 4 is 17.5 Å². The van der Waals surface area contributed by atoms with Crippen molar-refractivity contribution in [1.29, 1.82) is 0 Å². The van der Waals surface area contributed by atoms with Crippen LogP contribution in [0.15, 0.2) is 18.2 Å². The zero-order valence-electron chi connectivity index (χ0n) is 12.1. The first-order valence-corrected chi connectivity index (χ1v) is 7.31. The van der Waals surface area contributed by atoms with E-state index in [4.69, 9.17) is 16.3 Å². The molecule has 1 amide bonds. The Morgan fingerprint density at radius 2 is 2.25 bits per heavy atom. The minimum atomic E-state index is -0.0446. The maximum atomic E-state index is 12.6. The van der Waals surface area contributed by atoms with Gasteiger partial charge in [-0.1, -0.05) is 11.6 Å². The molecule has 1 aromatic carbocycles. The highest BCUT2D eigenvalue weighted by Gasteiger charge is 2.26. The predicted molar refractivity (Wildman–Crippen MR) is 80.6 cm³/mol. The second-order valence-electron chi connectivity index (χ2n) is 5.37. The Balaban J connectivity index is 2.24. The van der Waals surface area contributed by atoms with E-state index >= 15 is 0 Å². The summed E-state index contributed by atoms with van der Waals surface area (Å²) in [6.45, 7) is 5.66. The molecule has 1 aliphatic rings. The molecule has 1 aromatic rings. The maximum Gasteiger partial charge on any atom is 0.257 e. The average molecular weight is 297 g/mol. The van der Waals surface area contributed by atoms with E-state index in [9.17, 15) is 4.79 Å². The molecule has 1 fully saturated rings. The summed E-state index contributed by atoms with van der Waals surface area (Å²) in [4.78, 5) is 14.4. The Bertz CT molecular complexity index is 485. The van der Waals surface area contributed by atoms with Gasteiger partial charge in [0, 0.05) is 24.7 Å². The molecule has 1 saturated heterocycles. The van der Waals surface area contributed by atoms with Crippen molar-refractivity contribution in [3.63, 3.8) is 0 Å². The molecule has 4 nitrogen and oxygen atoms in total. The fourth-order valence-electron chi connectivity index (χ4n) is 2.35. The van der Waals surface area contributed by atoms with Gasteiger partial charge >= 0.3 is 0 Å². The van der Waals surface area contributed by atoms with Crippen molar-refractivity contribution in [3.8, 4) is 5.75 Å². The standard InChI is InChI=1S/C15H21ClN2O2/c1-10(2)20-14-5-4-11(16)8-13(14)15(19)18(3)12-6-7-17-9-12/h4-5,8,10,12,17H,6-7,9H2,1-3H3. The summed E-state index contributed by atoms with van der Waals surface area (Å²) in [5.41, 5.74) is 0.528. The van der Waals surface area contributed by atoms with Crippen molar-refractivity contribution in [3.05, 3.63) is 28.8 Å². The second-order valence-corrected chi connectivity index (χ2v) is 5.81. The molecule has 0 spiro atoms. The van der Waals surface area contributed by atoms with Crippen LogP contribution in [0.2, 0.25) is 5.02 Å². The number of rotatable bonds is 4. The van der Waals surface area contributed by atoms with Crippen LogP contribution in [-0.4, -0.2) is 43.1 Å². The Hall–Kier alpha value is -1.26. The number of nitrogens with zero attached hydrogens (tertiary/aromatic N) is 1. The third kappa shape index (κ3) is 3.44. The first kappa shape index (κ1) is 15.1. The van der Waals surface area contributed by atoms with Crippen LogP contribution < -0.4 is 10.1 Å². The monoisotopic (exact) mass is 296 g/mol. The highest BCUT2D eigenvalue weighted by atomic mass is 35.5. The van der Waals surface area contributed by atoms with Gasteiger partial charge in [-0.05, 0) is 45.0 Å². The number of hydrogen-bond donors (Lipinski definition) is 1. The molecule has 110 valence electrons. The van der Waals surface area contributed by atoms with Crippen LogP contribution in [0.5, 0.6) is 5.75 Å². The van der Waals surface area contributed by atoms with Crippen molar-refractivity contribution < 1.29 is 9.53 Å². The molecule has 1 atom stereocenters. The number of hydrogen-bond acceptors (Lipinski definition) is 3. The van der Waals surface area contributed by atoms with Gasteiger partial charge < -0.3 is 15.0 Å². The summed E-state index contributed by atoms with van der Waals surface area (Å²) in [5.74, 6) is 0.545. The summed E-state index contributed by atoms with van der Waals surface area (Å²) < 4.78 is 5.71. The molecular formula is C15H21ClN2O2. The number of amides is 1. The SMILES string of the molecule is CC(C)Oc1ccc(Cl)cc1C(=O)N(C)C1CCNC1. The van der Waals surface area contributed by atoms with Gasteiger partial charge in [-0.3, -0.25) is 4.79 Å². The fraction of sp³-hybridized carbons (Fsp3) is 0.533. The number of benzene rings is 1. The Morgan fingerprint density at radius 3 is 2.85 bits per heavy atom. The second kappa shape index (κ2) is 6.46. The number of carbonyl (C=O) groups excluding carboxylic acids is 1. The third-order valence-corrected chi connectivity index (χ3v) is 3.67. The maximum absolute atomic E-state index is 12.6. The van der Waals surface area contributed by atoms with E-state index in [2.05, 4.69) is 5.32 Å². The zero-order chi connectivity index (χ0) is 14.7. The Kier molecular flexibility index (Phi) is 4.89. The lowest BCUT2D eigenvalue weighted by molar-refractivity contribution is 0.0737. The third-order valence-electron chi connectivity index (χ3n) is 3.44. The molecule has 1 heterocycles. The lowest BCUT2D eigenvalue weighted by atomic mass is 10.1. The summed E-state index contributed by atoms with van der Waals surface area (Å²) in [6.07, 6.45) is 0.990. The molecule has 0 saturated carbocycles. The van der Waals surface area contributed by atoms with Gasteiger partial charge in [0.1, 0.15) is 5.75 Å². The molecule has 1 unspecified atom stereocenters. The van der Waals surface area contributed by atoms with E-state index in [1.807, 2.05) is 20.9 Å². The van der Waals surface area contributed by atoms with E-state index in [1.165, 1.54) is 0 Å². The van der Waals surface area contributed by atoms with E-state index in [0.29, 0.717) is 16.3 Å². The van der Waals surface area contributed by atoms with Crippen molar-refractivity contribution in [1.82, 2.24) is 10.2 Å². The van der Waals surface area contributed by atoms with E-state index < -0.39 is 0 Å². The summed E-state index contributed by atoms with van der Waals surface area (Å²) in [5, 5.41) is 3.81. The molecular weight excluding hydrogens is 276 g/mol. The average Bonchev–Trinajstić information content (AvgIpc) is 2.92. The van der Waals surface area contributed by atoms with E-state index in [0.717, 1.165) is 19.5 Å². The first-order chi connectivity index (χ1) is 9.49. The van der Waals surface area contributed by atoms with Crippen molar-refractivity contribution in [2.75, 3.05) is 20.1 Å². The molecule has 0 radical (unpaired) electrons. The molecule has 0 aliphatic carbocycles. The zero-order valence-corrected chi connectivity index (χ0v) is 12.9. The topological polar surface area (TPSA) is 41.6 Å². The highest BCUT2D eigenvalue weighted by molar-refractivity contribution is 6.31. The van der Waals surface area contributed by atoms with Crippen LogP contribution in [0.25, 0.3) is 0 Å². The van der Waals surface area contributed by atoms with Gasteiger partial charge in [0.25, 0.3) is 5.91 Å². The molecule has 2 rings (SSSR count).